The molecule has 1 atom stereocenters. The van der Waals surface area contributed by atoms with Gasteiger partial charge in [-0.3, -0.25) is 4.90 Å². The lowest BCUT2D eigenvalue weighted by Gasteiger charge is -2.25. The van der Waals surface area contributed by atoms with Crippen LogP contribution < -0.4 is 14.2 Å². The molecule has 0 fully saturated rings. The molecule has 3 aromatic carbocycles. The summed E-state index contributed by atoms with van der Waals surface area (Å²) in [6, 6.07) is 11.4. The number of aliphatic hydroxyl groups is 1. The number of ether oxygens (including phenoxy) is 3. The van der Waals surface area contributed by atoms with E-state index in [1.807, 2.05) is 36.4 Å². The van der Waals surface area contributed by atoms with Crippen molar-refractivity contribution >= 4 is 215 Å². The van der Waals surface area contributed by atoms with Gasteiger partial charge in [-0.25, -0.2) is 9.59 Å². The van der Waals surface area contributed by atoms with Gasteiger partial charge in [-0.15, -0.1) is 0 Å². The maximum Gasteiger partial charge on any atom is 0.416 e. The number of hydrogen-bond acceptors (Lipinski definition) is 6. The molecule has 0 aliphatic heterocycles. The molecular formula is C23H12I9NO6. The molecule has 0 aromatic heterocycles. The number of amides is 1. The molecule has 0 aliphatic carbocycles. The fraction of sp³-hybridized carbons (Fsp3) is 0.130. The summed E-state index contributed by atoms with van der Waals surface area (Å²) in [7, 11) is 0. The number of aliphatic hydroxyl groups excluding tert-OH is 1. The molecule has 0 saturated carbocycles. The summed E-state index contributed by atoms with van der Waals surface area (Å²) >= 11 is 19.2. The first kappa shape index (κ1) is 36.2. The van der Waals surface area contributed by atoms with Crippen LogP contribution in [0.1, 0.15) is 0 Å². The third kappa shape index (κ3) is 10.1. The number of halogens is 9. The van der Waals surface area contributed by atoms with Crippen LogP contribution in [0.15, 0.2) is 36.4 Å². The maximum atomic E-state index is 13.4. The van der Waals surface area contributed by atoms with Crippen molar-refractivity contribution in [3.05, 3.63) is 68.5 Å². The number of nitrogens with zero attached hydrogens (tertiary/aromatic N) is 1. The van der Waals surface area contributed by atoms with Crippen molar-refractivity contribution < 1.29 is 28.9 Å². The van der Waals surface area contributed by atoms with Gasteiger partial charge in [0.1, 0.15) is 6.54 Å². The first-order chi connectivity index (χ1) is 18.3. The van der Waals surface area contributed by atoms with Crippen molar-refractivity contribution in [2.24, 2.45) is 0 Å². The molecule has 0 saturated heterocycles. The largest absolute Gasteiger partial charge is 0.461 e. The van der Waals surface area contributed by atoms with Gasteiger partial charge in [-0.05, 0) is 240 Å². The van der Waals surface area contributed by atoms with E-state index in [2.05, 4.69) is 203 Å². The van der Waals surface area contributed by atoms with Crippen molar-refractivity contribution in [3.63, 3.8) is 0 Å². The minimum absolute atomic E-state index is 0.330. The summed E-state index contributed by atoms with van der Waals surface area (Å²) in [5.74, 6) is 0.617. The Morgan fingerprint density at radius 2 is 1.03 bits per heavy atom. The van der Waals surface area contributed by atoms with E-state index in [1.54, 1.807) is 0 Å². The molecule has 3 aromatic rings. The third-order valence-corrected chi connectivity index (χ3v) is 16.2. The number of benzene rings is 3. The monoisotopic (exact) mass is 1540 g/mol. The van der Waals surface area contributed by atoms with E-state index in [4.69, 9.17) is 14.2 Å². The SMILES string of the molecule is O=C(CN(CC(O)Oc1c(I)ccc(I)c1I)C(=O)Oc1c(I)ccc(I)c1I)Oc1c(I)ccc(I)c1I. The molecule has 0 bridgehead atoms. The summed E-state index contributed by atoms with van der Waals surface area (Å²) in [5, 5.41) is 10.9. The predicted molar refractivity (Wildman–Crippen MR) is 224 cm³/mol. The highest BCUT2D eigenvalue weighted by Gasteiger charge is 2.27. The van der Waals surface area contributed by atoms with E-state index < -0.39 is 24.9 Å². The van der Waals surface area contributed by atoms with Crippen LogP contribution in [0.25, 0.3) is 0 Å². The van der Waals surface area contributed by atoms with Crippen LogP contribution in [0.5, 0.6) is 17.2 Å². The fourth-order valence-corrected chi connectivity index (χ4v) is 9.12. The van der Waals surface area contributed by atoms with E-state index in [0.717, 1.165) is 37.0 Å². The lowest BCUT2D eigenvalue weighted by molar-refractivity contribution is -0.136. The number of carbonyl (C=O) groups is 2. The predicted octanol–water partition coefficient (Wildman–Crippen LogP) is 8.93. The highest BCUT2D eigenvalue weighted by atomic mass is 127. The molecule has 0 aliphatic rings. The highest BCUT2D eigenvalue weighted by Crippen LogP contribution is 2.34. The first-order valence-corrected chi connectivity index (χ1v) is 19.9. The molecule has 0 heterocycles. The van der Waals surface area contributed by atoms with Gasteiger partial charge in [-0.1, -0.05) is 0 Å². The van der Waals surface area contributed by atoms with Crippen molar-refractivity contribution in [1.82, 2.24) is 4.90 Å². The zero-order chi connectivity index (χ0) is 29.0. The molecule has 7 nitrogen and oxygen atoms in total. The van der Waals surface area contributed by atoms with Crippen molar-refractivity contribution in [2.45, 2.75) is 6.29 Å². The number of hydrogen-bond donors (Lipinski definition) is 1. The molecule has 0 radical (unpaired) electrons. The van der Waals surface area contributed by atoms with E-state index in [-0.39, 0.29) is 6.54 Å². The molecule has 1 unspecified atom stereocenters. The van der Waals surface area contributed by atoms with E-state index >= 15 is 0 Å². The molecule has 16 heteroatoms. The van der Waals surface area contributed by atoms with Gasteiger partial charge < -0.3 is 19.3 Å². The Morgan fingerprint density at radius 1 is 0.641 bits per heavy atom. The number of rotatable bonds is 8. The summed E-state index contributed by atoms with van der Waals surface area (Å²) < 4.78 is 24.7. The Labute approximate surface area is 347 Å². The Hall–Kier alpha value is 2.73. The van der Waals surface area contributed by atoms with Crippen LogP contribution in [0.2, 0.25) is 0 Å². The third-order valence-electron chi connectivity index (χ3n) is 4.62. The lowest BCUT2D eigenvalue weighted by Crippen LogP contribution is -2.45. The van der Waals surface area contributed by atoms with Crippen LogP contribution in [0.4, 0.5) is 4.79 Å². The van der Waals surface area contributed by atoms with Gasteiger partial charge in [0, 0.05) is 10.7 Å². The molecule has 39 heavy (non-hydrogen) atoms. The Balaban J connectivity index is 1.87. The second-order valence-corrected chi connectivity index (χ2v) is 17.5. The van der Waals surface area contributed by atoms with E-state index in [0.29, 0.717) is 17.2 Å². The molecule has 1 N–H and O–H groups in total. The number of carbonyl (C=O) groups excluding carboxylic acids is 2. The Morgan fingerprint density at radius 3 is 1.51 bits per heavy atom. The summed E-state index contributed by atoms with van der Waals surface area (Å²) in [5.41, 5.74) is 0. The molecule has 1 amide bonds. The van der Waals surface area contributed by atoms with Crippen LogP contribution >= 0.6 is 203 Å². The van der Waals surface area contributed by atoms with E-state index in [9.17, 15) is 14.7 Å². The second kappa shape index (κ2) is 16.9. The minimum Gasteiger partial charge on any atom is -0.461 e. The topological polar surface area (TPSA) is 85.3 Å². The first-order valence-electron chi connectivity index (χ1n) is 10.2. The summed E-state index contributed by atoms with van der Waals surface area (Å²) in [6.07, 6.45) is -2.25. The van der Waals surface area contributed by atoms with Crippen molar-refractivity contribution in [1.29, 1.82) is 0 Å². The zero-order valence-electron chi connectivity index (χ0n) is 18.8. The molecular weight excluding hydrogens is 1530 g/mol. The Kier molecular flexibility index (Phi) is 15.7. The quantitative estimate of drug-likeness (QED) is 0.0798. The van der Waals surface area contributed by atoms with Crippen molar-refractivity contribution in [3.8, 4) is 17.2 Å². The lowest BCUT2D eigenvalue weighted by atomic mass is 10.3. The normalized spacial score (nSPS) is 11.6. The second-order valence-electron chi connectivity index (χ2n) is 7.31. The van der Waals surface area contributed by atoms with Gasteiger partial charge in [0.25, 0.3) is 0 Å². The van der Waals surface area contributed by atoms with Gasteiger partial charge in [0.05, 0.1) is 28.0 Å². The molecule has 0 spiro atoms. The Bertz CT molecular complexity index is 1420. The highest BCUT2D eigenvalue weighted by molar-refractivity contribution is 14.1. The van der Waals surface area contributed by atoms with Crippen LogP contribution in [0, 0.1) is 32.1 Å². The van der Waals surface area contributed by atoms with Gasteiger partial charge in [0.2, 0.25) is 6.29 Å². The summed E-state index contributed by atoms with van der Waals surface area (Å²) in [6.45, 7) is -0.794. The fourth-order valence-electron chi connectivity index (χ4n) is 2.84. The van der Waals surface area contributed by atoms with E-state index in [1.165, 1.54) is 0 Å². The average molecular weight is 1540 g/mol. The van der Waals surface area contributed by atoms with Crippen LogP contribution in [-0.4, -0.2) is 41.4 Å². The van der Waals surface area contributed by atoms with Gasteiger partial charge in [-0.2, -0.15) is 0 Å². The van der Waals surface area contributed by atoms with Crippen molar-refractivity contribution in [2.75, 3.05) is 13.1 Å². The minimum atomic E-state index is -1.43. The van der Waals surface area contributed by atoms with Gasteiger partial charge in [0.15, 0.2) is 17.2 Å². The smallest absolute Gasteiger partial charge is 0.416 e. The number of esters is 1. The average Bonchev–Trinajstić information content (AvgIpc) is 2.88. The molecule has 208 valence electrons. The summed E-state index contributed by atoms with van der Waals surface area (Å²) in [4.78, 5) is 27.5. The zero-order valence-corrected chi connectivity index (χ0v) is 38.2. The maximum absolute atomic E-state index is 13.4. The standard InChI is InChI=1S/C23H12I9NO6/c24-9-1-4-12(27)20(17(9)30)37-15(34)7-33(23(36)39-22-14(29)6-3-11(26)19(22)32)8-16(35)38-21-13(28)5-2-10(25)18(21)31/h1-6,15,34H,7-8H2. The van der Waals surface area contributed by atoms with Crippen LogP contribution in [0.3, 0.4) is 0 Å². The van der Waals surface area contributed by atoms with Crippen LogP contribution in [-0.2, 0) is 4.79 Å². The molecule has 3 rings (SSSR count). The van der Waals surface area contributed by atoms with Gasteiger partial charge >= 0.3 is 12.1 Å².